The summed E-state index contributed by atoms with van der Waals surface area (Å²) in [4.78, 5) is 23.4. The highest BCUT2D eigenvalue weighted by Crippen LogP contribution is 2.43. The third-order valence-corrected chi connectivity index (χ3v) is 16.5. The van der Waals surface area contributed by atoms with E-state index in [9.17, 15) is 19.4 Å². The lowest BCUT2D eigenvalue weighted by molar-refractivity contribution is -0.870. The minimum atomic E-state index is -4.33. The molecular weight excluding hydrogens is 996 g/mol. The average Bonchev–Trinajstić information content (AvgIpc) is 3.42. The van der Waals surface area contributed by atoms with Crippen LogP contribution in [0.1, 0.15) is 328 Å². The third kappa shape index (κ3) is 63.6. The highest BCUT2D eigenvalue weighted by Gasteiger charge is 2.28. The SMILES string of the molecule is CC/C=C\C/C=C\C/C=C\C/C=C\C/C=C\CCCCCCCCCCCC(=O)NC(COP(=O)(O)OCC[N+](C)(C)C)C(O)CCCCCCCCCCCCCCCCCCCCCCCCCCCCCCCCCC. The number of carbonyl (C=O) groups excluding carboxylic acids is 1. The van der Waals surface area contributed by atoms with E-state index in [1.165, 1.54) is 225 Å². The van der Waals surface area contributed by atoms with E-state index in [1.54, 1.807) is 0 Å². The fraction of sp³-hybridized carbons (Fsp3) is 0.843. The molecule has 9 heteroatoms. The smallest absolute Gasteiger partial charge is 0.391 e. The minimum absolute atomic E-state index is 0.0718. The maximum Gasteiger partial charge on any atom is 0.472 e. The van der Waals surface area contributed by atoms with Crippen LogP contribution in [0, 0.1) is 0 Å². The number of aliphatic hydroxyl groups is 1. The van der Waals surface area contributed by atoms with E-state index in [4.69, 9.17) is 9.05 Å². The second-order valence-corrected chi connectivity index (χ2v) is 26.0. The van der Waals surface area contributed by atoms with E-state index in [-0.39, 0.29) is 19.1 Å². The molecule has 3 atom stereocenters. The fourth-order valence-electron chi connectivity index (χ4n) is 10.3. The first-order chi connectivity index (χ1) is 38.5. The second-order valence-electron chi connectivity index (χ2n) is 24.5. The van der Waals surface area contributed by atoms with Crippen molar-refractivity contribution in [2.45, 2.75) is 341 Å². The first-order valence-electron chi connectivity index (χ1n) is 34.2. The first-order valence-corrected chi connectivity index (χ1v) is 35.6. The molecule has 464 valence electrons. The van der Waals surface area contributed by atoms with Gasteiger partial charge in [0.05, 0.1) is 39.9 Å². The van der Waals surface area contributed by atoms with Crippen molar-refractivity contribution in [1.82, 2.24) is 5.32 Å². The fourth-order valence-corrected chi connectivity index (χ4v) is 11.0. The van der Waals surface area contributed by atoms with E-state index in [1.807, 2.05) is 21.1 Å². The Balaban J connectivity index is 4.05. The molecule has 0 fully saturated rings. The van der Waals surface area contributed by atoms with Gasteiger partial charge in [0.1, 0.15) is 13.2 Å². The first kappa shape index (κ1) is 77.2. The number of hydrogen-bond acceptors (Lipinski definition) is 5. The van der Waals surface area contributed by atoms with Crippen molar-refractivity contribution in [2.75, 3.05) is 40.9 Å². The van der Waals surface area contributed by atoms with Gasteiger partial charge in [-0.25, -0.2) is 4.57 Å². The van der Waals surface area contributed by atoms with Gasteiger partial charge in [-0.15, -0.1) is 0 Å². The molecule has 3 N–H and O–H groups in total. The Kier molecular flexibility index (Phi) is 59.4. The van der Waals surface area contributed by atoms with Gasteiger partial charge in [-0.1, -0.05) is 325 Å². The molecule has 0 aliphatic heterocycles. The molecular formula is C70H134N2O6P+. The zero-order valence-electron chi connectivity index (χ0n) is 53.1. The number of amides is 1. The molecule has 0 aliphatic carbocycles. The van der Waals surface area contributed by atoms with Crippen molar-refractivity contribution in [3.63, 3.8) is 0 Å². The van der Waals surface area contributed by atoms with Crippen LogP contribution in [0.3, 0.4) is 0 Å². The van der Waals surface area contributed by atoms with Crippen molar-refractivity contribution >= 4 is 13.7 Å². The molecule has 0 aliphatic rings. The molecule has 3 unspecified atom stereocenters. The summed E-state index contributed by atoms with van der Waals surface area (Å²) < 4.78 is 23.9. The van der Waals surface area contributed by atoms with Crippen LogP contribution in [0.15, 0.2) is 60.8 Å². The Morgan fingerprint density at radius 3 is 1.11 bits per heavy atom. The molecule has 0 rings (SSSR count). The topological polar surface area (TPSA) is 105 Å². The maximum atomic E-state index is 13.1. The Hall–Kier alpha value is -1.80. The molecule has 0 aromatic heterocycles. The van der Waals surface area contributed by atoms with Gasteiger partial charge in [0, 0.05) is 6.42 Å². The number of nitrogens with one attached hydrogen (secondary N) is 1. The maximum absolute atomic E-state index is 13.1. The number of allylic oxidation sites excluding steroid dienone is 10. The zero-order chi connectivity index (χ0) is 57.7. The summed E-state index contributed by atoms with van der Waals surface area (Å²) in [5.41, 5.74) is 0. The summed E-state index contributed by atoms with van der Waals surface area (Å²) in [6.45, 7) is 4.81. The van der Waals surface area contributed by atoms with Gasteiger partial charge in [-0.2, -0.15) is 0 Å². The molecule has 1 amide bonds. The summed E-state index contributed by atoms with van der Waals surface area (Å²) in [5.74, 6) is -0.148. The van der Waals surface area contributed by atoms with E-state index < -0.39 is 20.0 Å². The molecule has 0 aromatic carbocycles. The van der Waals surface area contributed by atoms with Crippen LogP contribution in [0.2, 0.25) is 0 Å². The van der Waals surface area contributed by atoms with Gasteiger partial charge in [0.25, 0.3) is 0 Å². The molecule has 8 nitrogen and oxygen atoms in total. The number of hydrogen-bond donors (Lipinski definition) is 3. The molecule has 0 saturated carbocycles. The van der Waals surface area contributed by atoms with Gasteiger partial charge < -0.3 is 19.8 Å². The summed E-state index contributed by atoms with van der Waals surface area (Å²) >= 11 is 0. The largest absolute Gasteiger partial charge is 0.472 e. The number of phosphoric ester groups is 1. The number of nitrogens with zero attached hydrogens (tertiary/aromatic N) is 1. The summed E-state index contributed by atoms with van der Waals surface area (Å²) in [5, 5.41) is 14.1. The van der Waals surface area contributed by atoms with Gasteiger partial charge in [0.2, 0.25) is 5.91 Å². The van der Waals surface area contributed by atoms with Crippen molar-refractivity contribution in [3.05, 3.63) is 60.8 Å². The van der Waals surface area contributed by atoms with Crippen molar-refractivity contribution in [2.24, 2.45) is 0 Å². The Morgan fingerprint density at radius 1 is 0.443 bits per heavy atom. The van der Waals surface area contributed by atoms with Gasteiger partial charge in [-0.3, -0.25) is 13.8 Å². The van der Waals surface area contributed by atoms with Gasteiger partial charge in [-0.05, 0) is 57.8 Å². The minimum Gasteiger partial charge on any atom is -0.391 e. The summed E-state index contributed by atoms with van der Waals surface area (Å²) in [6, 6.07) is -0.769. The van der Waals surface area contributed by atoms with Crippen LogP contribution in [-0.2, 0) is 18.4 Å². The molecule has 0 spiro atoms. The van der Waals surface area contributed by atoms with E-state index in [0.29, 0.717) is 23.9 Å². The van der Waals surface area contributed by atoms with E-state index in [2.05, 4.69) is 79.9 Å². The van der Waals surface area contributed by atoms with Crippen LogP contribution in [0.25, 0.3) is 0 Å². The van der Waals surface area contributed by atoms with Crippen LogP contribution in [0.4, 0.5) is 0 Å². The molecule has 0 heterocycles. The highest BCUT2D eigenvalue weighted by molar-refractivity contribution is 7.47. The van der Waals surface area contributed by atoms with Gasteiger partial charge >= 0.3 is 7.82 Å². The number of quaternary nitrogens is 1. The normalized spacial score (nSPS) is 14.1. The summed E-state index contributed by atoms with van der Waals surface area (Å²) in [7, 11) is 1.62. The molecule has 0 saturated heterocycles. The summed E-state index contributed by atoms with van der Waals surface area (Å²) in [6.07, 6.45) is 83.2. The number of carbonyl (C=O) groups is 1. The van der Waals surface area contributed by atoms with Crippen LogP contribution < -0.4 is 5.32 Å². The number of likely N-dealkylation sites (N-methyl/N-ethyl adjacent to an activating group) is 1. The lowest BCUT2D eigenvalue weighted by Gasteiger charge is -2.26. The third-order valence-electron chi connectivity index (χ3n) is 15.5. The zero-order valence-corrected chi connectivity index (χ0v) is 54.0. The van der Waals surface area contributed by atoms with Crippen molar-refractivity contribution in [3.8, 4) is 0 Å². The second kappa shape index (κ2) is 60.8. The average molecular weight is 1130 g/mol. The number of phosphoric acid groups is 1. The highest BCUT2D eigenvalue weighted by atomic mass is 31.2. The van der Waals surface area contributed by atoms with Crippen molar-refractivity contribution in [1.29, 1.82) is 0 Å². The monoisotopic (exact) mass is 1130 g/mol. The molecule has 0 bridgehead atoms. The van der Waals surface area contributed by atoms with Crippen LogP contribution >= 0.6 is 7.82 Å². The Bertz CT molecular complexity index is 1470. The predicted octanol–water partition coefficient (Wildman–Crippen LogP) is 21.6. The van der Waals surface area contributed by atoms with Crippen LogP contribution in [-0.4, -0.2) is 73.4 Å². The van der Waals surface area contributed by atoms with Gasteiger partial charge in [0.15, 0.2) is 0 Å². The molecule has 0 radical (unpaired) electrons. The number of unbranched alkanes of at least 4 members (excludes halogenated alkanes) is 40. The lowest BCUT2D eigenvalue weighted by atomic mass is 10.0. The molecule has 79 heavy (non-hydrogen) atoms. The van der Waals surface area contributed by atoms with Crippen LogP contribution in [0.5, 0.6) is 0 Å². The lowest BCUT2D eigenvalue weighted by Crippen LogP contribution is -2.46. The standard InChI is InChI=1S/C70H133N2O6P/c1-6-8-10-12-14-16-18-20-22-24-26-28-30-32-33-34-35-36-37-38-40-41-43-45-47-49-51-53-55-57-59-61-63-69(73)68(67-78-79(75,76)77-66-65-72(3,4)5)71-70(74)64-62-60-58-56-54-52-50-48-46-44-42-39-31-29-27-25-23-21-19-17-15-13-11-9-7-2/h9,11,15,17,21,23,27,29,39,42,68-69,73H,6-8,10,12-14,16,18-20,22,24-26,28,30-38,40-41,43-67H2,1-5H3,(H-,71,74,75,76)/p+1/b11-9-,17-15-,23-21-,29-27-,42-39-. The van der Waals surface area contributed by atoms with E-state index in [0.717, 1.165) is 77.0 Å². The van der Waals surface area contributed by atoms with E-state index >= 15 is 0 Å². The van der Waals surface area contributed by atoms with Crippen molar-refractivity contribution < 1.29 is 32.9 Å². The Morgan fingerprint density at radius 2 is 0.759 bits per heavy atom. The Labute approximate surface area is 492 Å². The predicted molar refractivity (Wildman–Crippen MR) is 346 cm³/mol. The number of rotatable bonds is 63. The quantitative estimate of drug-likeness (QED) is 0.0243. The molecule has 0 aromatic rings. The number of aliphatic hydroxyl groups excluding tert-OH is 1.